The summed E-state index contributed by atoms with van der Waals surface area (Å²) < 4.78 is 6.97. The fourth-order valence-corrected chi connectivity index (χ4v) is 3.72. The standard InChI is InChI=1S/C23H24N6O3/c1-15-9-16(10-24)3-5-19(15)20-13-27-29(23(20)31)21-6-4-17(11-25-21)22(30)26-12-18-14-28(2)7-8-32-18/h3-6,9,11,13,18,27H,7-8,12,14H2,1-2H3,(H,26,30). The highest BCUT2D eigenvalue weighted by molar-refractivity contribution is 5.93. The Morgan fingerprint density at radius 3 is 2.88 bits per heavy atom. The second-order valence-electron chi connectivity index (χ2n) is 7.84. The van der Waals surface area contributed by atoms with Gasteiger partial charge in [-0.25, -0.2) is 9.67 Å². The molecule has 1 aromatic carbocycles. The highest BCUT2D eigenvalue weighted by Crippen LogP contribution is 2.21. The maximum atomic E-state index is 12.9. The zero-order chi connectivity index (χ0) is 22.7. The third-order valence-electron chi connectivity index (χ3n) is 5.49. The van der Waals surface area contributed by atoms with Crippen molar-refractivity contribution in [2.45, 2.75) is 13.0 Å². The smallest absolute Gasteiger partial charge is 0.280 e. The van der Waals surface area contributed by atoms with Gasteiger partial charge < -0.3 is 15.0 Å². The fourth-order valence-electron chi connectivity index (χ4n) is 3.72. The minimum Gasteiger partial charge on any atom is -0.374 e. The number of likely N-dealkylation sites (N-methyl/N-ethyl adjacent to an activating group) is 1. The van der Waals surface area contributed by atoms with Crippen molar-refractivity contribution in [1.82, 2.24) is 25.0 Å². The molecular formula is C23H24N6O3. The molecule has 2 N–H and O–H groups in total. The summed E-state index contributed by atoms with van der Waals surface area (Å²) >= 11 is 0. The molecule has 3 heterocycles. The Balaban J connectivity index is 1.47. The van der Waals surface area contributed by atoms with Gasteiger partial charge >= 0.3 is 0 Å². The number of morpholine rings is 1. The molecule has 1 aliphatic heterocycles. The number of nitrogens with zero attached hydrogens (tertiary/aromatic N) is 4. The van der Waals surface area contributed by atoms with Crippen LogP contribution >= 0.6 is 0 Å². The number of nitrogens with one attached hydrogen (secondary N) is 2. The topological polar surface area (TPSA) is 116 Å². The molecule has 4 rings (SSSR count). The Morgan fingerprint density at radius 1 is 1.34 bits per heavy atom. The summed E-state index contributed by atoms with van der Waals surface area (Å²) in [7, 11) is 2.02. The summed E-state index contributed by atoms with van der Waals surface area (Å²) in [5.74, 6) is 0.134. The molecule has 0 saturated carbocycles. The van der Waals surface area contributed by atoms with Crippen molar-refractivity contribution in [3.05, 3.63) is 69.8 Å². The number of aromatic nitrogens is 3. The molecule has 0 radical (unpaired) electrons. The average Bonchev–Trinajstić information content (AvgIpc) is 3.18. The summed E-state index contributed by atoms with van der Waals surface area (Å²) in [4.78, 5) is 31.8. The monoisotopic (exact) mass is 432 g/mol. The van der Waals surface area contributed by atoms with E-state index in [1.807, 2.05) is 14.0 Å². The number of H-pyrrole nitrogens is 1. The number of carbonyl (C=O) groups excluding carboxylic acids is 1. The first-order valence-corrected chi connectivity index (χ1v) is 10.3. The van der Waals surface area contributed by atoms with E-state index in [0.717, 1.165) is 24.2 Å². The third kappa shape index (κ3) is 4.46. The van der Waals surface area contributed by atoms with E-state index < -0.39 is 0 Å². The van der Waals surface area contributed by atoms with Crippen molar-refractivity contribution in [1.29, 1.82) is 5.26 Å². The lowest BCUT2D eigenvalue weighted by atomic mass is 10.0. The number of ether oxygens (including phenoxy) is 1. The lowest BCUT2D eigenvalue weighted by Gasteiger charge is -2.30. The molecule has 1 fully saturated rings. The van der Waals surface area contributed by atoms with Crippen molar-refractivity contribution in [2.24, 2.45) is 0 Å². The van der Waals surface area contributed by atoms with E-state index in [9.17, 15) is 9.59 Å². The highest BCUT2D eigenvalue weighted by Gasteiger charge is 2.19. The Hall–Kier alpha value is -3.74. The Morgan fingerprint density at radius 2 is 2.19 bits per heavy atom. The van der Waals surface area contributed by atoms with E-state index in [1.54, 1.807) is 36.5 Å². The summed E-state index contributed by atoms with van der Waals surface area (Å²) in [6.45, 7) is 4.60. The third-order valence-corrected chi connectivity index (χ3v) is 5.49. The Kier molecular flexibility index (Phi) is 6.16. The first-order chi connectivity index (χ1) is 15.5. The van der Waals surface area contributed by atoms with Gasteiger partial charge in [-0.2, -0.15) is 5.26 Å². The van der Waals surface area contributed by atoms with Crippen molar-refractivity contribution in [2.75, 3.05) is 33.3 Å². The molecule has 0 spiro atoms. The molecule has 1 atom stereocenters. The number of aryl methyl sites for hydroxylation is 1. The average molecular weight is 432 g/mol. The lowest BCUT2D eigenvalue weighted by molar-refractivity contribution is -0.0175. The van der Waals surface area contributed by atoms with Crippen LogP contribution in [-0.2, 0) is 4.74 Å². The number of pyridine rings is 1. The van der Waals surface area contributed by atoms with Crippen molar-refractivity contribution < 1.29 is 9.53 Å². The second-order valence-corrected chi connectivity index (χ2v) is 7.84. The van der Waals surface area contributed by atoms with Gasteiger partial charge in [-0.15, -0.1) is 0 Å². The van der Waals surface area contributed by atoms with Crippen LogP contribution in [0.3, 0.4) is 0 Å². The van der Waals surface area contributed by atoms with Gasteiger partial charge in [-0.1, -0.05) is 6.07 Å². The number of carbonyl (C=O) groups is 1. The van der Waals surface area contributed by atoms with Gasteiger partial charge in [-0.05, 0) is 49.4 Å². The molecule has 9 heteroatoms. The number of nitriles is 1. The number of aromatic amines is 1. The van der Waals surface area contributed by atoms with Gasteiger partial charge in [0.05, 0.1) is 35.5 Å². The SMILES string of the molecule is Cc1cc(C#N)ccc1-c1c[nH]n(-c2ccc(C(=O)NCC3CN(C)CCO3)cn2)c1=O. The van der Waals surface area contributed by atoms with Crippen molar-refractivity contribution >= 4 is 5.91 Å². The molecular weight excluding hydrogens is 408 g/mol. The van der Waals surface area contributed by atoms with Crippen LogP contribution < -0.4 is 10.9 Å². The highest BCUT2D eigenvalue weighted by atomic mass is 16.5. The zero-order valence-electron chi connectivity index (χ0n) is 18.0. The molecule has 9 nitrogen and oxygen atoms in total. The number of hydrogen-bond donors (Lipinski definition) is 2. The van der Waals surface area contributed by atoms with Crippen LogP contribution in [0.4, 0.5) is 0 Å². The largest absolute Gasteiger partial charge is 0.374 e. The molecule has 3 aromatic rings. The quantitative estimate of drug-likeness (QED) is 0.631. The number of hydrogen-bond acceptors (Lipinski definition) is 6. The van der Waals surface area contributed by atoms with Crippen LogP contribution in [0.2, 0.25) is 0 Å². The molecule has 1 amide bonds. The lowest BCUT2D eigenvalue weighted by Crippen LogP contribution is -2.45. The fraction of sp³-hybridized carbons (Fsp3) is 0.304. The molecule has 1 saturated heterocycles. The minimum absolute atomic E-state index is 0.0356. The maximum absolute atomic E-state index is 12.9. The van der Waals surface area contributed by atoms with Gasteiger partial charge in [0.15, 0.2) is 5.82 Å². The molecule has 1 aliphatic rings. The number of amides is 1. The molecule has 1 unspecified atom stereocenters. The molecule has 164 valence electrons. The van der Waals surface area contributed by atoms with Gasteiger partial charge in [0.1, 0.15) is 0 Å². The summed E-state index contributed by atoms with van der Waals surface area (Å²) in [6.07, 6.45) is 3.02. The van der Waals surface area contributed by atoms with Crippen LogP contribution in [0.25, 0.3) is 16.9 Å². The maximum Gasteiger partial charge on any atom is 0.280 e. The van der Waals surface area contributed by atoms with Gasteiger partial charge in [-0.3, -0.25) is 14.7 Å². The van der Waals surface area contributed by atoms with Crippen molar-refractivity contribution in [3.63, 3.8) is 0 Å². The molecule has 0 aliphatic carbocycles. The van der Waals surface area contributed by atoms with E-state index in [2.05, 4.69) is 26.4 Å². The summed E-state index contributed by atoms with van der Waals surface area (Å²) in [6, 6.07) is 10.5. The van der Waals surface area contributed by atoms with E-state index in [0.29, 0.717) is 35.7 Å². The van der Waals surface area contributed by atoms with E-state index in [4.69, 9.17) is 10.00 Å². The molecule has 0 bridgehead atoms. The Labute approximate surface area is 185 Å². The number of benzene rings is 1. The van der Waals surface area contributed by atoms with Crippen LogP contribution in [-0.4, -0.2) is 65.0 Å². The van der Waals surface area contributed by atoms with E-state index in [-0.39, 0.29) is 17.6 Å². The van der Waals surface area contributed by atoms with Crippen LogP contribution in [0.1, 0.15) is 21.5 Å². The van der Waals surface area contributed by atoms with E-state index in [1.165, 1.54) is 10.9 Å². The number of rotatable bonds is 5. The Bertz CT molecular complexity index is 1220. The zero-order valence-corrected chi connectivity index (χ0v) is 18.0. The predicted octanol–water partition coefficient (Wildman–Crippen LogP) is 1.47. The normalized spacial score (nSPS) is 16.5. The predicted molar refractivity (Wildman–Crippen MR) is 119 cm³/mol. The van der Waals surface area contributed by atoms with Gasteiger partial charge in [0, 0.05) is 32.0 Å². The first-order valence-electron chi connectivity index (χ1n) is 10.3. The van der Waals surface area contributed by atoms with Gasteiger partial charge in [0.25, 0.3) is 11.5 Å². The van der Waals surface area contributed by atoms with Crippen LogP contribution in [0.5, 0.6) is 0 Å². The second kappa shape index (κ2) is 9.18. The summed E-state index contributed by atoms with van der Waals surface area (Å²) in [5, 5.41) is 14.8. The van der Waals surface area contributed by atoms with Crippen LogP contribution in [0, 0.1) is 18.3 Å². The van der Waals surface area contributed by atoms with Crippen molar-refractivity contribution in [3.8, 4) is 23.0 Å². The molecule has 2 aromatic heterocycles. The van der Waals surface area contributed by atoms with Crippen LogP contribution in [0.15, 0.2) is 47.5 Å². The first kappa shape index (κ1) is 21.5. The minimum atomic E-state index is -0.263. The van der Waals surface area contributed by atoms with Gasteiger partial charge in [0.2, 0.25) is 0 Å². The molecule has 32 heavy (non-hydrogen) atoms. The summed E-state index contributed by atoms with van der Waals surface area (Å²) in [5.41, 5.74) is 2.74. The van der Waals surface area contributed by atoms with E-state index >= 15 is 0 Å².